The van der Waals surface area contributed by atoms with Crippen molar-refractivity contribution in [1.82, 2.24) is 5.48 Å². The van der Waals surface area contributed by atoms with E-state index in [1.54, 1.807) is 7.11 Å². The smallest absolute Gasteiger partial charge is 0.166 e. The largest absolute Gasteiger partial charge is 0.490 e. The molecule has 1 aliphatic rings. The Morgan fingerprint density at radius 2 is 2.17 bits per heavy atom. The van der Waals surface area contributed by atoms with E-state index in [1.165, 1.54) is 0 Å². The molecule has 0 aromatic heterocycles. The van der Waals surface area contributed by atoms with Crippen LogP contribution in [0.15, 0.2) is 18.2 Å². The molecule has 1 N–H and O–H groups in total. The first kappa shape index (κ1) is 13.2. The van der Waals surface area contributed by atoms with Gasteiger partial charge in [-0.3, -0.25) is 0 Å². The average Bonchev–Trinajstić information content (AvgIpc) is 2.76. The predicted molar refractivity (Wildman–Crippen MR) is 69.8 cm³/mol. The van der Waals surface area contributed by atoms with Crippen LogP contribution in [-0.2, 0) is 4.84 Å². The minimum atomic E-state index is 0.0696. The Hall–Kier alpha value is -1.26. The van der Waals surface area contributed by atoms with Gasteiger partial charge in [-0.05, 0) is 18.9 Å². The van der Waals surface area contributed by atoms with Gasteiger partial charge in [-0.1, -0.05) is 26.0 Å². The summed E-state index contributed by atoms with van der Waals surface area (Å²) in [6.07, 6.45) is 2.00. The summed E-state index contributed by atoms with van der Waals surface area (Å²) in [5.41, 5.74) is 4.11. The normalized spacial score (nSPS) is 21.5. The summed E-state index contributed by atoms with van der Waals surface area (Å²) in [4.78, 5) is 5.06. The fourth-order valence-corrected chi connectivity index (χ4v) is 2.23. The zero-order chi connectivity index (χ0) is 13.0. The van der Waals surface area contributed by atoms with E-state index in [0.717, 1.165) is 29.9 Å². The summed E-state index contributed by atoms with van der Waals surface area (Å²) in [5.74, 6) is 1.68. The molecule has 1 aliphatic heterocycles. The SMILES string of the molecule is CCCOc1cccc2c1OC(CC)C2NOC. The lowest BCUT2D eigenvalue weighted by atomic mass is 10.0. The molecule has 0 aliphatic carbocycles. The lowest BCUT2D eigenvalue weighted by Gasteiger charge is -2.17. The highest BCUT2D eigenvalue weighted by molar-refractivity contribution is 5.51. The zero-order valence-electron chi connectivity index (χ0n) is 11.2. The van der Waals surface area contributed by atoms with E-state index in [-0.39, 0.29) is 12.1 Å². The van der Waals surface area contributed by atoms with Gasteiger partial charge in [0.05, 0.1) is 19.8 Å². The predicted octanol–water partition coefficient (Wildman–Crippen LogP) is 2.84. The molecular weight excluding hydrogens is 230 g/mol. The maximum Gasteiger partial charge on any atom is 0.166 e. The standard InChI is InChI=1S/C14H21NO3/c1-4-9-17-12-8-6-7-10-13(15-16-3)11(5-2)18-14(10)12/h6-8,11,13,15H,4-5,9H2,1-3H3. The van der Waals surface area contributed by atoms with Crippen LogP contribution in [0.2, 0.25) is 0 Å². The van der Waals surface area contributed by atoms with E-state index in [1.807, 2.05) is 12.1 Å². The van der Waals surface area contributed by atoms with Crippen LogP contribution in [0.25, 0.3) is 0 Å². The number of hydrogen-bond acceptors (Lipinski definition) is 4. The Kier molecular flexibility index (Phi) is 4.44. The van der Waals surface area contributed by atoms with Crippen molar-refractivity contribution in [3.63, 3.8) is 0 Å². The number of rotatable bonds is 6. The highest BCUT2D eigenvalue weighted by Crippen LogP contribution is 2.44. The van der Waals surface area contributed by atoms with E-state index in [2.05, 4.69) is 25.4 Å². The summed E-state index contributed by atoms with van der Waals surface area (Å²) in [6, 6.07) is 6.08. The fourth-order valence-electron chi connectivity index (χ4n) is 2.23. The molecule has 2 rings (SSSR count). The maximum absolute atomic E-state index is 5.98. The number of fused-ring (bicyclic) bond motifs is 1. The van der Waals surface area contributed by atoms with Crippen molar-refractivity contribution in [2.24, 2.45) is 0 Å². The van der Waals surface area contributed by atoms with E-state index < -0.39 is 0 Å². The van der Waals surface area contributed by atoms with Crippen molar-refractivity contribution in [2.75, 3.05) is 13.7 Å². The molecule has 100 valence electrons. The molecule has 0 fully saturated rings. The van der Waals surface area contributed by atoms with Gasteiger partial charge >= 0.3 is 0 Å². The van der Waals surface area contributed by atoms with E-state index >= 15 is 0 Å². The zero-order valence-corrected chi connectivity index (χ0v) is 11.2. The van der Waals surface area contributed by atoms with Crippen molar-refractivity contribution in [3.8, 4) is 11.5 Å². The van der Waals surface area contributed by atoms with E-state index in [9.17, 15) is 0 Å². The molecule has 1 heterocycles. The van der Waals surface area contributed by atoms with Gasteiger partial charge in [-0.2, -0.15) is 5.48 Å². The molecule has 0 bridgehead atoms. The van der Waals surface area contributed by atoms with Crippen LogP contribution in [0.4, 0.5) is 0 Å². The second-order valence-electron chi connectivity index (χ2n) is 4.39. The van der Waals surface area contributed by atoms with Gasteiger partial charge in [0.1, 0.15) is 6.10 Å². The average molecular weight is 251 g/mol. The third-order valence-electron chi connectivity index (χ3n) is 3.09. The second kappa shape index (κ2) is 6.07. The van der Waals surface area contributed by atoms with Crippen LogP contribution in [0.3, 0.4) is 0 Å². The summed E-state index contributed by atoms with van der Waals surface area (Å²) in [7, 11) is 1.63. The van der Waals surface area contributed by atoms with Crippen LogP contribution in [-0.4, -0.2) is 19.8 Å². The molecule has 0 saturated carbocycles. The van der Waals surface area contributed by atoms with Crippen molar-refractivity contribution >= 4 is 0 Å². The van der Waals surface area contributed by atoms with Crippen LogP contribution < -0.4 is 15.0 Å². The lowest BCUT2D eigenvalue weighted by molar-refractivity contribution is 0.0280. The van der Waals surface area contributed by atoms with Crippen molar-refractivity contribution in [2.45, 2.75) is 38.8 Å². The Morgan fingerprint density at radius 3 is 2.83 bits per heavy atom. The molecule has 4 heteroatoms. The van der Waals surface area contributed by atoms with Gasteiger partial charge in [0.15, 0.2) is 11.5 Å². The van der Waals surface area contributed by atoms with Crippen LogP contribution >= 0.6 is 0 Å². The molecule has 1 aromatic rings. The quantitative estimate of drug-likeness (QED) is 0.789. The Morgan fingerprint density at radius 1 is 1.33 bits per heavy atom. The van der Waals surface area contributed by atoms with Crippen molar-refractivity contribution in [1.29, 1.82) is 0 Å². The Balaban J connectivity index is 2.26. The summed E-state index contributed by atoms with van der Waals surface area (Å²) < 4.78 is 11.7. The van der Waals surface area contributed by atoms with Gasteiger partial charge in [0, 0.05) is 5.56 Å². The molecule has 4 nitrogen and oxygen atoms in total. The van der Waals surface area contributed by atoms with Gasteiger partial charge in [0.2, 0.25) is 0 Å². The number of nitrogens with one attached hydrogen (secondary N) is 1. The Labute approximate surface area is 108 Å². The Bertz CT molecular complexity index is 395. The monoisotopic (exact) mass is 251 g/mol. The number of hydroxylamine groups is 1. The summed E-state index contributed by atoms with van der Waals surface area (Å²) >= 11 is 0. The molecule has 1 aromatic carbocycles. The summed E-state index contributed by atoms with van der Waals surface area (Å²) in [5, 5.41) is 0. The highest BCUT2D eigenvalue weighted by Gasteiger charge is 2.35. The molecule has 2 atom stereocenters. The molecule has 0 amide bonds. The fraction of sp³-hybridized carbons (Fsp3) is 0.571. The highest BCUT2D eigenvalue weighted by atomic mass is 16.6. The third kappa shape index (κ3) is 2.44. The van der Waals surface area contributed by atoms with Crippen LogP contribution in [0.1, 0.15) is 38.3 Å². The molecule has 0 saturated heterocycles. The van der Waals surface area contributed by atoms with E-state index in [0.29, 0.717) is 6.61 Å². The van der Waals surface area contributed by atoms with Gasteiger partial charge in [0.25, 0.3) is 0 Å². The summed E-state index contributed by atoms with van der Waals surface area (Å²) in [6.45, 7) is 4.90. The lowest BCUT2D eigenvalue weighted by Crippen LogP contribution is -2.29. The minimum absolute atomic E-state index is 0.0696. The molecular formula is C14H21NO3. The third-order valence-corrected chi connectivity index (χ3v) is 3.09. The van der Waals surface area contributed by atoms with Crippen LogP contribution in [0, 0.1) is 0 Å². The van der Waals surface area contributed by atoms with Gasteiger partial charge in [-0.25, -0.2) is 0 Å². The van der Waals surface area contributed by atoms with E-state index in [4.69, 9.17) is 14.3 Å². The number of para-hydroxylation sites is 1. The minimum Gasteiger partial charge on any atom is -0.490 e. The number of benzene rings is 1. The first-order valence-corrected chi connectivity index (χ1v) is 6.52. The van der Waals surface area contributed by atoms with Gasteiger partial charge in [-0.15, -0.1) is 0 Å². The second-order valence-corrected chi connectivity index (χ2v) is 4.39. The van der Waals surface area contributed by atoms with Crippen molar-refractivity contribution < 1.29 is 14.3 Å². The molecule has 0 radical (unpaired) electrons. The van der Waals surface area contributed by atoms with Crippen molar-refractivity contribution in [3.05, 3.63) is 23.8 Å². The molecule has 0 spiro atoms. The molecule has 18 heavy (non-hydrogen) atoms. The molecule has 2 unspecified atom stereocenters. The van der Waals surface area contributed by atoms with Crippen LogP contribution in [0.5, 0.6) is 11.5 Å². The number of ether oxygens (including phenoxy) is 2. The maximum atomic E-state index is 5.98. The topological polar surface area (TPSA) is 39.7 Å². The first-order valence-electron chi connectivity index (χ1n) is 6.52. The van der Waals surface area contributed by atoms with Gasteiger partial charge < -0.3 is 14.3 Å². The number of hydrogen-bond donors (Lipinski definition) is 1. The first-order chi connectivity index (χ1) is 8.81.